The van der Waals surface area contributed by atoms with Gasteiger partial charge in [-0.1, -0.05) is 23.7 Å². The van der Waals surface area contributed by atoms with Gasteiger partial charge in [-0.2, -0.15) is 17.5 Å². The first-order valence-electron chi connectivity index (χ1n) is 10.7. The molecule has 35 heavy (non-hydrogen) atoms. The van der Waals surface area contributed by atoms with Gasteiger partial charge in [-0.05, 0) is 63.4 Å². The van der Waals surface area contributed by atoms with Gasteiger partial charge in [0.25, 0.3) is 0 Å². The highest BCUT2D eigenvalue weighted by Gasteiger charge is 2.37. The van der Waals surface area contributed by atoms with Crippen LogP contribution in [0.5, 0.6) is 0 Å². The summed E-state index contributed by atoms with van der Waals surface area (Å²) in [5, 5.41) is -0.210. The van der Waals surface area contributed by atoms with E-state index in [2.05, 4.69) is 16.8 Å². The van der Waals surface area contributed by atoms with Crippen molar-refractivity contribution in [2.75, 3.05) is 12.3 Å². The van der Waals surface area contributed by atoms with E-state index in [1.165, 1.54) is 35.2 Å². The molecule has 1 aliphatic heterocycles. The third kappa shape index (κ3) is 6.50. The van der Waals surface area contributed by atoms with E-state index in [0.29, 0.717) is 19.4 Å². The highest BCUT2D eigenvalue weighted by atomic mass is 35.5. The van der Waals surface area contributed by atoms with E-state index < -0.39 is 39.3 Å². The van der Waals surface area contributed by atoms with Crippen LogP contribution >= 0.6 is 11.6 Å². The summed E-state index contributed by atoms with van der Waals surface area (Å²) in [7, 11) is -3.85. The fourth-order valence-electron chi connectivity index (χ4n) is 3.91. The molecule has 1 saturated heterocycles. The smallest absolute Gasteiger partial charge is 0.417 e. The van der Waals surface area contributed by atoms with Gasteiger partial charge in [0.15, 0.2) is 9.84 Å². The summed E-state index contributed by atoms with van der Waals surface area (Å²) in [5.41, 5.74) is -2.05. The van der Waals surface area contributed by atoms with Crippen molar-refractivity contribution in [1.29, 1.82) is 0 Å². The summed E-state index contributed by atoms with van der Waals surface area (Å²) in [4.78, 5) is 13.8. The van der Waals surface area contributed by atoms with Crippen molar-refractivity contribution in [1.82, 2.24) is 4.90 Å². The molecule has 0 bridgehead atoms. The van der Waals surface area contributed by atoms with Crippen LogP contribution in [0.15, 0.2) is 45.7 Å². The normalized spacial score (nSPS) is 16.9. The fraction of sp³-hybridized carbons (Fsp3) is 0.435. The SMILES string of the molecule is CC(C)(C)OC(=O)N1CCC[C@H]1CS(=O)(=O)c1ccc(-c2c(Cl)cc(N=S)cc2C(F)(F)F)cc1. The predicted molar refractivity (Wildman–Crippen MR) is 129 cm³/mol. The van der Waals surface area contributed by atoms with E-state index in [1.54, 1.807) is 20.8 Å². The molecule has 1 atom stereocenters. The van der Waals surface area contributed by atoms with Crippen molar-refractivity contribution in [3.63, 3.8) is 0 Å². The number of hydrogen-bond donors (Lipinski definition) is 0. The van der Waals surface area contributed by atoms with Gasteiger partial charge in [-0.25, -0.2) is 13.2 Å². The van der Waals surface area contributed by atoms with Crippen LogP contribution in [0.3, 0.4) is 0 Å². The Labute approximate surface area is 212 Å². The van der Waals surface area contributed by atoms with Crippen molar-refractivity contribution in [3.8, 4) is 11.1 Å². The highest BCUT2D eigenvalue weighted by molar-refractivity contribution is 7.91. The van der Waals surface area contributed by atoms with Crippen molar-refractivity contribution in [2.45, 2.75) is 56.3 Å². The molecule has 1 fully saturated rings. The van der Waals surface area contributed by atoms with Gasteiger partial charge in [0.1, 0.15) is 5.60 Å². The number of nitrogens with zero attached hydrogens (tertiary/aromatic N) is 2. The monoisotopic (exact) mass is 548 g/mol. The van der Waals surface area contributed by atoms with Gasteiger partial charge in [0.05, 0.1) is 26.9 Å². The Morgan fingerprint density at radius 2 is 1.83 bits per heavy atom. The van der Waals surface area contributed by atoms with Gasteiger partial charge in [-0.3, -0.25) is 0 Å². The number of likely N-dealkylation sites (tertiary alicyclic amines) is 1. The molecule has 0 unspecified atom stereocenters. The Balaban J connectivity index is 1.88. The van der Waals surface area contributed by atoms with Crippen LogP contribution < -0.4 is 0 Å². The molecule has 1 aliphatic rings. The lowest BCUT2D eigenvalue weighted by Crippen LogP contribution is -2.42. The van der Waals surface area contributed by atoms with E-state index in [-0.39, 0.29) is 32.5 Å². The molecule has 190 valence electrons. The maximum absolute atomic E-state index is 13.7. The second-order valence-electron chi connectivity index (χ2n) is 9.21. The fourth-order valence-corrected chi connectivity index (χ4v) is 5.93. The zero-order chi connectivity index (χ0) is 26.2. The molecule has 2 aromatic carbocycles. The number of alkyl halides is 3. The Kier molecular flexibility index (Phi) is 7.83. The molecule has 12 heteroatoms. The molecule has 1 amide bonds. The third-order valence-corrected chi connectivity index (χ3v) is 7.73. The second kappa shape index (κ2) is 10.0. The van der Waals surface area contributed by atoms with E-state index in [0.717, 1.165) is 6.07 Å². The van der Waals surface area contributed by atoms with Crippen LogP contribution in [0.4, 0.5) is 23.7 Å². The maximum atomic E-state index is 13.7. The number of hydrogen-bond acceptors (Lipinski definition) is 6. The highest BCUT2D eigenvalue weighted by Crippen LogP contribution is 2.43. The standard InChI is InChI=1S/C23H24ClF3N2O4S2/c1-22(2,3)33-21(30)29-10-4-5-16(29)13-35(31,32)17-8-6-14(7-9-17)20-18(23(25,26)27)11-15(28-34)12-19(20)24/h6-9,11-12,16H,4-5,10,13H2,1-3H3/t16-/m0/s1. The molecule has 2 aromatic rings. The molecule has 6 nitrogen and oxygen atoms in total. The average molecular weight is 549 g/mol. The van der Waals surface area contributed by atoms with E-state index >= 15 is 0 Å². The summed E-state index contributed by atoms with van der Waals surface area (Å²) in [5.74, 6) is -0.324. The van der Waals surface area contributed by atoms with Gasteiger partial charge in [-0.15, -0.1) is 0 Å². The molecule has 0 spiro atoms. The lowest BCUT2D eigenvalue weighted by molar-refractivity contribution is -0.137. The number of ether oxygens (including phenoxy) is 1. The molecule has 0 aliphatic carbocycles. The molecular formula is C23H24ClF3N2O4S2. The average Bonchev–Trinajstić information content (AvgIpc) is 3.19. The first kappa shape index (κ1) is 27.3. The quantitative estimate of drug-likeness (QED) is 0.423. The van der Waals surface area contributed by atoms with Crippen LogP contribution in [-0.4, -0.2) is 43.4 Å². The zero-order valence-corrected chi connectivity index (χ0v) is 21.6. The summed E-state index contributed by atoms with van der Waals surface area (Å²) in [6.07, 6.45) is -4.16. The summed E-state index contributed by atoms with van der Waals surface area (Å²) >= 11 is 10.6. The number of halogens is 4. The van der Waals surface area contributed by atoms with Crippen LogP contribution in [0.1, 0.15) is 39.2 Å². The van der Waals surface area contributed by atoms with E-state index in [1.807, 2.05) is 0 Å². The molecule has 0 aromatic heterocycles. The van der Waals surface area contributed by atoms with Gasteiger partial charge in [0.2, 0.25) is 0 Å². The Bertz CT molecular complexity index is 1230. The number of benzene rings is 2. The predicted octanol–water partition coefficient (Wildman–Crippen LogP) is 6.56. The van der Waals surface area contributed by atoms with E-state index in [9.17, 15) is 26.4 Å². The number of rotatable bonds is 5. The minimum absolute atomic E-state index is 0.0702. The first-order chi connectivity index (χ1) is 16.1. The zero-order valence-electron chi connectivity index (χ0n) is 19.2. The minimum atomic E-state index is -4.73. The minimum Gasteiger partial charge on any atom is -0.444 e. The van der Waals surface area contributed by atoms with Crippen LogP contribution in [0.25, 0.3) is 11.1 Å². The van der Waals surface area contributed by atoms with Crippen LogP contribution in [0, 0.1) is 0 Å². The lowest BCUT2D eigenvalue weighted by atomic mass is 9.98. The number of amides is 1. The Morgan fingerprint density at radius 3 is 2.37 bits per heavy atom. The first-order valence-corrected chi connectivity index (χ1v) is 13.1. The van der Waals surface area contributed by atoms with Crippen molar-refractivity contribution >= 4 is 45.6 Å². The van der Waals surface area contributed by atoms with Crippen molar-refractivity contribution in [3.05, 3.63) is 47.0 Å². The Morgan fingerprint density at radius 1 is 1.20 bits per heavy atom. The maximum Gasteiger partial charge on any atom is 0.417 e. The second-order valence-corrected chi connectivity index (χ2v) is 11.8. The molecule has 3 rings (SSSR count). The molecule has 0 radical (unpaired) electrons. The van der Waals surface area contributed by atoms with Gasteiger partial charge >= 0.3 is 12.3 Å². The lowest BCUT2D eigenvalue weighted by Gasteiger charge is -2.28. The van der Waals surface area contributed by atoms with Gasteiger partial charge < -0.3 is 9.64 Å². The number of sulfone groups is 1. The summed E-state index contributed by atoms with van der Waals surface area (Å²) in [6.45, 7) is 5.57. The topological polar surface area (TPSA) is 76.0 Å². The van der Waals surface area contributed by atoms with Crippen molar-refractivity contribution < 1.29 is 31.1 Å². The van der Waals surface area contributed by atoms with Crippen molar-refractivity contribution in [2.24, 2.45) is 4.36 Å². The molecule has 1 heterocycles. The van der Waals surface area contributed by atoms with E-state index in [4.69, 9.17) is 16.3 Å². The van der Waals surface area contributed by atoms with Crippen LogP contribution in [-0.2, 0) is 33.2 Å². The summed E-state index contributed by atoms with van der Waals surface area (Å²) < 4.78 is 75.8. The third-order valence-electron chi connectivity index (χ3n) is 5.40. The summed E-state index contributed by atoms with van der Waals surface area (Å²) in [6, 6.07) is 6.47. The number of carbonyl (C=O) groups is 1. The van der Waals surface area contributed by atoms with Gasteiger partial charge in [0, 0.05) is 30.6 Å². The number of carbonyl (C=O) groups excluding carboxylic acids is 1. The molecule has 0 N–H and O–H groups in total. The van der Waals surface area contributed by atoms with Crippen LogP contribution in [0.2, 0.25) is 5.02 Å². The largest absolute Gasteiger partial charge is 0.444 e. The Hall–Kier alpha value is -2.24. The molecule has 0 saturated carbocycles. The molecular weight excluding hydrogens is 525 g/mol.